The minimum absolute atomic E-state index is 0.102. The number of likely N-dealkylation sites (tertiary alicyclic amines) is 1. The smallest absolute Gasteiger partial charge is 0.254 e. The van der Waals surface area contributed by atoms with Gasteiger partial charge in [-0.2, -0.15) is 0 Å². The number of benzene rings is 1. The summed E-state index contributed by atoms with van der Waals surface area (Å²) in [5.41, 5.74) is 1.26. The Bertz CT molecular complexity index is 1130. The van der Waals surface area contributed by atoms with Crippen molar-refractivity contribution >= 4 is 29.1 Å². The topological polar surface area (TPSA) is 79.6 Å². The van der Waals surface area contributed by atoms with Crippen LogP contribution in [0.25, 0.3) is 5.65 Å². The first-order valence-corrected chi connectivity index (χ1v) is 11.1. The summed E-state index contributed by atoms with van der Waals surface area (Å²) < 4.78 is 1.85. The SMILES string of the molecule is O=C(NCc1nnc2ccccn12)C1CC2CCCCC2N1C(=O)c1cccc(Cl)c1. The zero-order valence-electron chi connectivity index (χ0n) is 17.1. The van der Waals surface area contributed by atoms with Gasteiger partial charge in [0.05, 0.1) is 6.54 Å². The van der Waals surface area contributed by atoms with Crippen LogP contribution < -0.4 is 5.32 Å². The van der Waals surface area contributed by atoms with E-state index >= 15 is 0 Å². The van der Waals surface area contributed by atoms with Crippen molar-refractivity contribution in [3.8, 4) is 0 Å². The molecule has 1 saturated carbocycles. The second-order valence-electron chi connectivity index (χ2n) is 8.35. The summed E-state index contributed by atoms with van der Waals surface area (Å²) in [6.07, 6.45) is 6.80. The van der Waals surface area contributed by atoms with E-state index in [1.165, 1.54) is 0 Å². The van der Waals surface area contributed by atoms with Crippen molar-refractivity contribution in [2.24, 2.45) is 5.92 Å². The third-order valence-corrected chi connectivity index (χ3v) is 6.74. The predicted molar refractivity (Wildman–Crippen MR) is 117 cm³/mol. The average molecular weight is 438 g/mol. The number of aromatic nitrogens is 3. The Labute approximate surface area is 185 Å². The van der Waals surface area contributed by atoms with Crippen LogP contribution >= 0.6 is 11.6 Å². The number of fused-ring (bicyclic) bond motifs is 2. The van der Waals surface area contributed by atoms with E-state index in [-0.39, 0.29) is 24.4 Å². The van der Waals surface area contributed by atoms with Crippen LogP contribution in [0.3, 0.4) is 0 Å². The van der Waals surface area contributed by atoms with E-state index in [1.807, 2.05) is 33.7 Å². The van der Waals surface area contributed by atoms with E-state index in [0.717, 1.165) is 31.3 Å². The molecule has 160 valence electrons. The molecule has 1 aliphatic heterocycles. The number of carbonyl (C=O) groups is 2. The Morgan fingerprint density at radius 2 is 1.97 bits per heavy atom. The number of hydrogen-bond donors (Lipinski definition) is 1. The maximum Gasteiger partial charge on any atom is 0.254 e. The largest absolute Gasteiger partial charge is 0.347 e. The van der Waals surface area contributed by atoms with Crippen LogP contribution in [0.2, 0.25) is 5.02 Å². The van der Waals surface area contributed by atoms with Gasteiger partial charge in [0.1, 0.15) is 6.04 Å². The fraction of sp³-hybridized carbons (Fsp3) is 0.391. The second kappa shape index (κ2) is 8.30. The van der Waals surface area contributed by atoms with Gasteiger partial charge in [0.2, 0.25) is 5.91 Å². The van der Waals surface area contributed by atoms with Gasteiger partial charge >= 0.3 is 0 Å². The van der Waals surface area contributed by atoms with E-state index in [1.54, 1.807) is 24.3 Å². The molecule has 1 aromatic carbocycles. The average Bonchev–Trinajstić information content (AvgIpc) is 3.38. The number of nitrogens with one attached hydrogen (secondary N) is 1. The highest BCUT2D eigenvalue weighted by molar-refractivity contribution is 6.31. The van der Waals surface area contributed by atoms with E-state index in [0.29, 0.717) is 28.7 Å². The lowest BCUT2D eigenvalue weighted by molar-refractivity contribution is -0.125. The molecule has 5 rings (SSSR count). The number of pyridine rings is 1. The molecule has 2 aliphatic rings. The summed E-state index contributed by atoms with van der Waals surface area (Å²) in [4.78, 5) is 28.5. The molecule has 0 radical (unpaired) electrons. The molecular formula is C23H24ClN5O2. The molecule has 0 bridgehead atoms. The van der Waals surface area contributed by atoms with Gasteiger partial charge in [-0.1, -0.05) is 36.6 Å². The molecule has 3 atom stereocenters. The number of amides is 2. The van der Waals surface area contributed by atoms with Crippen LogP contribution in [0.5, 0.6) is 0 Å². The van der Waals surface area contributed by atoms with Crippen molar-refractivity contribution in [1.29, 1.82) is 0 Å². The lowest BCUT2D eigenvalue weighted by atomic mass is 9.84. The van der Waals surface area contributed by atoms with Gasteiger partial charge < -0.3 is 10.2 Å². The number of rotatable bonds is 4. The minimum Gasteiger partial charge on any atom is -0.347 e. The van der Waals surface area contributed by atoms with Gasteiger partial charge in [-0.15, -0.1) is 10.2 Å². The molecule has 2 amide bonds. The van der Waals surface area contributed by atoms with Gasteiger partial charge in [0.25, 0.3) is 5.91 Å². The van der Waals surface area contributed by atoms with Crippen molar-refractivity contribution in [3.63, 3.8) is 0 Å². The highest BCUT2D eigenvalue weighted by Gasteiger charge is 2.47. The molecule has 0 spiro atoms. The molecular weight excluding hydrogens is 414 g/mol. The molecule has 8 heteroatoms. The maximum absolute atomic E-state index is 13.4. The molecule has 3 heterocycles. The van der Waals surface area contributed by atoms with E-state index in [4.69, 9.17) is 11.6 Å². The molecule has 1 saturated heterocycles. The Morgan fingerprint density at radius 3 is 2.84 bits per heavy atom. The Kier molecular flexibility index (Phi) is 5.36. The molecule has 2 fully saturated rings. The third-order valence-electron chi connectivity index (χ3n) is 6.50. The third kappa shape index (κ3) is 3.78. The summed E-state index contributed by atoms with van der Waals surface area (Å²) in [6.45, 7) is 0.259. The van der Waals surface area contributed by atoms with Crippen LogP contribution in [0.4, 0.5) is 0 Å². The van der Waals surface area contributed by atoms with Crippen LogP contribution in [0.1, 0.15) is 48.3 Å². The lowest BCUT2D eigenvalue weighted by Crippen LogP contribution is -2.49. The fourth-order valence-corrected chi connectivity index (χ4v) is 5.24. The number of hydrogen-bond acceptors (Lipinski definition) is 4. The van der Waals surface area contributed by atoms with Gasteiger partial charge in [-0.25, -0.2) is 0 Å². The predicted octanol–water partition coefficient (Wildman–Crippen LogP) is 3.47. The van der Waals surface area contributed by atoms with Gasteiger partial charge in [0, 0.05) is 22.8 Å². The minimum atomic E-state index is -0.487. The van der Waals surface area contributed by atoms with Gasteiger partial charge in [-0.05, 0) is 55.5 Å². The normalized spacial score (nSPS) is 23.0. The Hall–Kier alpha value is -2.93. The zero-order valence-corrected chi connectivity index (χ0v) is 17.8. The first kappa shape index (κ1) is 20.0. The molecule has 7 nitrogen and oxygen atoms in total. The van der Waals surface area contributed by atoms with E-state index in [9.17, 15) is 9.59 Å². The van der Waals surface area contributed by atoms with Crippen molar-refractivity contribution in [3.05, 3.63) is 65.1 Å². The molecule has 2 aromatic heterocycles. The van der Waals surface area contributed by atoms with Crippen LogP contribution in [0.15, 0.2) is 48.7 Å². The summed E-state index contributed by atoms with van der Waals surface area (Å²) in [6, 6.07) is 12.2. The molecule has 31 heavy (non-hydrogen) atoms. The maximum atomic E-state index is 13.4. The quantitative estimate of drug-likeness (QED) is 0.677. The van der Waals surface area contributed by atoms with Crippen LogP contribution in [0, 0.1) is 5.92 Å². The summed E-state index contributed by atoms with van der Waals surface area (Å²) in [5, 5.41) is 11.8. The molecule has 1 aliphatic carbocycles. The van der Waals surface area contributed by atoms with Crippen molar-refractivity contribution in [1.82, 2.24) is 24.8 Å². The van der Waals surface area contributed by atoms with E-state index < -0.39 is 6.04 Å². The van der Waals surface area contributed by atoms with Crippen molar-refractivity contribution in [2.75, 3.05) is 0 Å². The standard InChI is InChI=1S/C23H24ClN5O2/c24-17-8-5-7-16(12-17)23(31)29-18-9-2-1-6-15(18)13-19(29)22(30)25-14-21-27-26-20-10-3-4-11-28(20)21/h3-5,7-8,10-12,15,18-19H,1-2,6,9,13-14H2,(H,25,30). The van der Waals surface area contributed by atoms with Crippen LogP contribution in [-0.4, -0.2) is 43.4 Å². The van der Waals surface area contributed by atoms with Crippen molar-refractivity contribution in [2.45, 2.75) is 50.7 Å². The van der Waals surface area contributed by atoms with Crippen LogP contribution in [-0.2, 0) is 11.3 Å². The van der Waals surface area contributed by atoms with E-state index in [2.05, 4.69) is 15.5 Å². The molecule has 3 aromatic rings. The van der Waals surface area contributed by atoms with Gasteiger partial charge in [-0.3, -0.25) is 14.0 Å². The number of halogens is 1. The zero-order chi connectivity index (χ0) is 21.4. The summed E-state index contributed by atoms with van der Waals surface area (Å²) >= 11 is 6.12. The van der Waals surface area contributed by atoms with Gasteiger partial charge in [0.15, 0.2) is 11.5 Å². The number of nitrogens with zero attached hydrogens (tertiary/aromatic N) is 4. The lowest BCUT2D eigenvalue weighted by Gasteiger charge is -2.33. The highest BCUT2D eigenvalue weighted by Crippen LogP contribution is 2.40. The number of carbonyl (C=O) groups excluding carboxylic acids is 2. The Morgan fingerprint density at radius 1 is 1.10 bits per heavy atom. The summed E-state index contributed by atoms with van der Waals surface area (Å²) in [5.74, 6) is 0.760. The highest BCUT2D eigenvalue weighted by atomic mass is 35.5. The monoisotopic (exact) mass is 437 g/mol. The first-order chi connectivity index (χ1) is 15.1. The Balaban J connectivity index is 1.37. The van der Waals surface area contributed by atoms with Crippen molar-refractivity contribution < 1.29 is 9.59 Å². The molecule has 1 N–H and O–H groups in total. The fourth-order valence-electron chi connectivity index (χ4n) is 5.05. The first-order valence-electron chi connectivity index (χ1n) is 10.8. The molecule has 3 unspecified atom stereocenters. The summed E-state index contributed by atoms with van der Waals surface area (Å²) in [7, 11) is 0. The second-order valence-corrected chi connectivity index (χ2v) is 8.79.